The van der Waals surface area contributed by atoms with E-state index in [9.17, 15) is 9.59 Å². The average molecular weight is 435 g/mol. The summed E-state index contributed by atoms with van der Waals surface area (Å²) in [7, 11) is 1.55. The van der Waals surface area contributed by atoms with Crippen molar-refractivity contribution in [1.29, 1.82) is 0 Å². The molecule has 2 heterocycles. The number of imidazole rings is 1. The van der Waals surface area contributed by atoms with E-state index in [-0.39, 0.29) is 18.4 Å². The number of carbonyl (C=O) groups excluding carboxylic acids is 2. The molecule has 7 heteroatoms. The lowest BCUT2D eigenvalue weighted by atomic mass is 10.2. The Morgan fingerprint density at radius 3 is 2.50 bits per heavy atom. The van der Waals surface area contributed by atoms with Crippen molar-refractivity contribution in [2.24, 2.45) is 0 Å². The molecule has 1 aromatic heterocycles. The highest BCUT2D eigenvalue weighted by Crippen LogP contribution is 2.19. The summed E-state index contributed by atoms with van der Waals surface area (Å²) < 4.78 is 7.35. The van der Waals surface area contributed by atoms with E-state index in [0.29, 0.717) is 24.3 Å². The number of fused-ring (bicyclic) bond motifs is 1. The first-order valence-electron chi connectivity index (χ1n) is 11.3. The molecule has 1 aliphatic heterocycles. The van der Waals surface area contributed by atoms with E-state index in [1.54, 1.807) is 25.3 Å². The highest BCUT2D eigenvalue weighted by atomic mass is 16.5. The molecule has 32 heavy (non-hydrogen) atoms. The van der Waals surface area contributed by atoms with E-state index < -0.39 is 0 Å². The van der Waals surface area contributed by atoms with Crippen LogP contribution in [0, 0.1) is 0 Å². The quantitative estimate of drug-likeness (QED) is 0.614. The molecule has 1 N–H and O–H groups in total. The minimum absolute atomic E-state index is 0.189. The van der Waals surface area contributed by atoms with E-state index in [4.69, 9.17) is 9.72 Å². The van der Waals surface area contributed by atoms with Gasteiger partial charge in [-0.1, -0.05) is 37.1 Å². The Hall–Kier alpha value is -3.35. The minimum atomic E-state index is -0.221. The average Bonchev–Trinajstić information content (AvgIpc) is 2.98. The maximum absolute atomic E-state index is 12.8. The lowest BCUT2D eigenvalue weighted by Gasteiger charge is -2.20. The molecule has 1 fully saturated rings. The summed E-state index contributed by atoms with van der Waals surface area (Å²) in [6.07, 6.45) is 4.99. The number of methoxy groups -OCH3 is 1. The second-order valence-electron chi connectivity index (χ2n) is 8.10. The molecule has 168 valence electrons. The number of rotatable bonds is 7. The fraction of sp³-hybridized carbons (Fsp3) is 0.400. The van der Waals surface area contributed by atoms with E-state index in [1.807, 2.05) is 39.8 Å². The maximum Gasteiger partial charge on any atom is 0.255 e. The number of carbonyl (C=O) groups is 2. The van der Waals surface area contributed by atoms with E-state index in [1.165, 1.54) is 12.8 Å². The van der Waals surface area contributed by atoms with Crippen LogP contribution in [-0.4, -0.2) is 46.5 Å². The van der Waals surface area contributed by atoms with Gasteiger partial charge >= 0.3 is 0 Å². The third-order valence-electron chi connectivity index (χ3n) is 6.00. The number of likely N-dealkylation sites (tertiary alicyclic amines) is 1. The number of amides is 2. The summed E-state index contributed by atoms with van der Waals surface area (Å²) in [5, 5.41) is 2.95. The first-order chi connectivity index (χ1) is 15.7. The largest absolute Gasteiger partial charge is 0.496 e. The lowest BCUT2D eigenvalue weighted by Crippen LogP contribution is -2.32. The molecule has 4 rings (SSSR count). The number of benzene rings is 2. The summed E-state index contributed by atoms with van der Waals surface area (Å²) in [4.78, 5) is 32.3. The van der Waals surface area contributed by atoms with Crippen molar-refractivity contribution in [3.05, 3.63) is 59.9 Å². The second kappa shape index (κ2) is 10.3. The Morgan fingerprint density at radius 2 is 1.72 bits per heavy atom. The zero-order chi connectivity index (χ0) is 22.3. The molecule has 0 spiro atoms. The highest BCUT2D eigenvalue weighted by Gasteiger charge is 2.18. The van der Waals surface area contributed by atoms with Crippen LogP contribution in [0.3, 0.4) is 0 Å². The van der Waals surface area contributed by atoms with Gasteiger partial charge < -0.3 is 19.5 Å². The van der Waals surface area contributed by atoms with Crippen molar-refractivity contribution in [2.75, 3.05) is 20.2 Å². The van der Waals surface area contributed by atoms with Crippen molar-refractivity contribution >= 4 is 22.8 Å². The molecular weight excluding hydrogens is 404 g/mol. The number of hydrogen-bond donors (Lipinski definition) is 1. The topological polar surface area (TPSA) is 76.5 Å². The molecule has 3 aromatic rings. The van der Waals surface area contributed by atoms with Gasteiger partial charge in [0.05, 0.1) is 30.3 Å². The van der Waals surface area contributed by atoms with Crippen LogP contribution in [0.4, 0.5) is 0 Å². The van der Waals surface area contributed by atoms with Gasteiger partial charge in [-0.3, -0.25) is 9.59 Å². The van der Waals surface area contributed by atoms with Crippen molar-refractivity contribution in [3.63, 3.8) is 0 Å². The molecule has 0 radical (unpaired) electrons. The Bertz CT molecular complexity index is 1080. The smallest absolute Gasteiger partial charge is 0.255 e. The lowest BCUT2D eigenvalue weighted by molar-refractivity contribution is -0.131. The van der Waals surface area contributed by atoms with E-state index in [2.05, 4.69) is 5.32 Å². The summed E-state index contributed by atoms with van der Waals surface area (Å²) in [5.74, 6) is 1.23. The summed E-state index contributed by atoms with van der Waals surface area (Å²) >= 11 is 0. The zero-order valence-electron chi connectivity index (χ0n) is 18.5. The van der Waals surface area contributed by atoms with Crippen LogP contribution in [0.15, 0.2) is 48.5 Å². The van der Waals surface area contributed by atoms with Crippen LogP contribution in [0.2, 0.25) is 0 Å². The van der Waals surface area contributed by atoms with Crippen molar-refractivity contribution < 1.29 is 14.3 Å². The predicted molar refractivity (Wildman–Crippen MR) is 124 cm³/mol. The Labute approximate surface area is 188 Å². The summed E-state index contributed by atoms with van der Waals surface area (Å²) in [6.45, 7) is 2.51. The van der Waals surface area contributed by atoms with Gasteiger partial charge in [0.1, 0.15) is 11.6 Å². The predicted octanol–water partition coefficient (Wildman–Crippen LogP) is 3.77. The van der Waals surface area contributed by atoms with E-state index in [0.717, 1.165) is 42.8 Å². The van der Waals surface area contributed by atoms with Crippen molar-refractivity contribution in [2.45, 2.75) is 45.2 Å². The fourth-order valence-corrected chi connectivity index (χ4v) is 4.28. The molecule has 7 nitrogen and oxygen atoms in total. The van der Waals surface area contributed by atoms with Gasteiger partial charge in [-0.2, -0.15) is 0 Å². The van der Waals surface area contributed by atoms with Crippen molar-refractivity contribution in [1.82, 2.24) is 19.8 Å². The van der Waals surface area contributed by atoms with Gasteiger partial charge in [0.2, 0.25) is 5.91 Å². The molecule has 1 saturated heterocycles. The zero-order valence-corrected chi connectivity index (χ0v) is 18.5. The molecule has 0 bridgehead atoms. The Morgan fingerprint density at radius 1 is 1.00 bits per heavy atom. The first-order valence-corrected chi connectivity index (χ1v) is 11.3. The number of para-hydroxylation sites is 3. The third kappa shape index (κ3) is 4.93. The molecule has 0 aliphatic carbocycles. The number of hydrogen-bond acceptors (Lipinski definition) is 4. The molecule has 0 saturated carbocycles. The number of nitrogens with one attached hydrogen (secondary N) is 1. The van der Waals surface area contributed by atoms with Crippen LogP contribution in [0.5, 0.6) is 5.75 Å². The molecule has 0 unspecified atom stereocenters. The SMILES string of the molecule is COc1ccccc1C(=O)NCc1nc2ccccc2n1CCC(=O)N1CCCCCC1. The second-order valence-corrected chi connectivity index (χ2v) is 8.10. The Balaban J connectivity index is 1.48. The van der Waals surface area contributed by atoms with Gasteiger partial charge in [-0.15, -0.1) is 0 Å². The van der Waals surface area contributed by atoms with Gasteiger partial charge in [-0.25, -0.2) is 4.98 Å². The summed E-state index contributed by atoms with van der Waals surface area (Å²) in [5.41, 5.74) is 2.31. The molecular formula is C25H30N4O3. The van der Waals surface area contributed by atoms with Gasteiger partial charge in [0, 0.05) is 26.1 Å². The normalized spacial score (nSPS) is 14.2. The highest BCUT2D eigenvalue weighted by molar-refractivity contribution is 5.96. The third-order valence-corrected chi connectivity index (χ3v) is 6.00. The van der Waals surface area contributed by atoms with Gasteiger partial charge in [0.15, 0.2) is 0 Å². The molecule has 2 aromatic carbocycles. The minimum Gasteiger partial charge on any atom is -0.496 e. The maximum atomic E-state index is 12.8. The van der Waals surface area contributed by atoms with Crippen LogP contribution < -0.4 is 10.1 Å². The van der Waals surface area contributed by atoms with Gasteiger partial charge in [0.25, 0.3) is 5.91 Å². The van der Waals surface area contributed by atoms with Crippen molar-refractivity contribution in [3.8, 4) is 5.75 Å². The van der Waals surface area contributed by atoms with Crippen LogP contribution in [0.25, 0.3) is 11.0 Å². The number of nitrogens with zero attached hydrogens (tertiary/aromatic N) is 3. The van der Waals surface area contributed by atoms with Gasteiger partial charge in [-0.05, 0) is 37.1 Å². The molecule has 1 aliphatic rings. The van der Waals surface area contributed by atoms with Crippen LogP contribution in [0.1, 0.15) is 48.3 Å². The first kappa shape index (κ1) is 21.9. The molecule has 0 atom stereocenters. The monoisotopic (exact) mass is 434 g/mol. The number of aryl methyl sites for hydroxylation is 1. The van der Waals surface area contributed by atoms with Crippen LogP contribution in [-0.2, 0) is 17.9 Å². The Kier molecular flexibility index (Phi) is 7.04. The summed E-state index contributed by atoms with van der Waals surface area (Å²) in [6, 6.07) is 15.0. The molecule has 2 amide bonds. The number of ether oxygens (including phenoxy) is 1. The van der Waals surface area contributed by atoms with E-state index >= 15 is 0 Å². The number of aromatic nitrogens is 2. The van der Waals surface area contributed by atoms with Crippen LogP contribution >= 0.6 is 0 Å². The fourth-order valence-electron chi connectivity index (χ4n) is 4.28. The standard InChI is InChI=1S/C25H30N4O3/c1-32-22-13-7-4-10-19(22)25(31)26-18-23-27-20-11-5-6-12-21(20)29(23)17-14-24(30)28-15-8-2-3-9-16-28/h4-7,10-13H,2-3,8-9,14-18H2,1H3,(H,26,31).